The number of nitrogens with one attached hydrogen (secondary N) is 2. The van der Waals surface area contributed by atoms with Gasteiger partial charge in [-0.15, -0.1) is 0 Å². The molecule has 130 valence electrons. The predicted molar refractivity (Wildman–Crippen MR) is 101 cm³/mol. The molecule has 0 aliphatic heterocycles. The number of aromatic hydroxyl groups is 1. The Labute approximate surface area is 156 Å². The first-order valence-corrected chi connectivity index (χ1v) is 8.31. The van der Waals surface area contributed by atoms with E-state index in [1.54, 1.807) is 24.3 Å². The second-order valence-electron chi connectivity index (χ2n) is 5.26. The van der Waals surface area contributed by atoms with E-state index in [-0.39, 0.29) is 11.4 Å². The molecule has 3 rings (SSSR count). The first kappa shape index (κ1) is 17.6. The van der Waals surface area contributed by atoms with Crippen molar-refractivity contribution in [1.29, 1.82) is 0 Å². The molecule has 8 heteroatoms. The van der Waals surface area contributed by atoms with Crippen LogP contribution in [0, 0.1) is 0 Å². The SMILES string of the molecule is O=C(N/N=C/c1ccc(O)c(Br)c1)c1cc(-c2ccccc2)nc(=O)[nH]1. The maximum absolute atomic E-state index is 12.2. The summed E-state index contributed by atoms with van der Waals surface area (Å²) < 4.78 is 0.513. The van der Waals surface area contributed by atoms with Gasteiger partial charge >= 0.3 is 5.69 Å². The highest BCUT2D eigenvalue weighted by molar-refractivity contribution is 9.10. The van der Waals surface area contributed by atoms with Crippen LogP contribution in [0.25, 0.3) is 11.3 Å². The molecule has 0 saturated carbocycles. The maximum atomic E-state index is 12.2. The number of H-pyrrole nitrogens is 1. The Hall–Kier alpha value is -3.26. The molecule has 1 aromatic heterocycles. The number of benzene rings is 2. The van der Waals surface area contributed by atoms with Gasteiger partial charge in [0.2, 0.25) is 0 Å². The van der Waals surface area contributed by atoms with Crippen molar-refractivity contribution in [2.75, 3.05) is 0 Å². The van der Waals surface area contributed by atoms with Gasteiger partial charge in [0, 0.05) is 5.56 Å². The molecule has 26 heavy (non-hydrogen) atoms. The molecule has 0 aliphatic rings. The Morgan fingerprint density at radius 3 is 2.69 bits per heavy atom. The molecule has 1 heterocycles. The maximum Gasteiger partial charge on any atom is 0.346 e. The van der Waals surface area contributed by atoms with Crippen LogP contribution in [0.4, 0.5) is 0 Å². The molecule has 3 N–H and O–H groups in total. The van der Waals surface area contributed by atoms with Crippen LogP contribution in [0.1, 0.15) is 16.1 Å². The van der Waals surface area contributed by atoms with Gasteiger partial charge in [0.25, 0.3) is 5.91 Å². The molecule has 0 bridgehead atoms. The summed E-state index contributed by atoms with van der Waals surface area (Å²) in [6.45, 7) is 0. The third-order valence-corrected chi connectivity index (χ3v) is 4.05. The second-order valence-corrected chi connectivity index (χ2v) is 6.12. The average molecular weight is 413 g/mol. The number of phenolic OH excluding ortho intramolecular Hbond substituents is 1. The first-order chi connectivity index (χ1) is 12.5. The van der Waals surface area contributed by atoms with E-state index in [2.05, 4.69) is 36.4 Å². The number of amides is 1. The van der Waals surface area contributed by atoms with Crippen molar-refractivity contribution in [3.8, 4) is 17.0 Å². The van der Waals surface area contributed by atoms with E-state index in [9.17, 15) is 14.7 Å². The van der Waals surface area contributed by atoms with Crippen LogP contribution >= 0.6 is 15.9 Å². The summed E-state index contributed by atoms with van der Waals surface area (Å²) in [5.74, 6) is -0.468. The number of carbonyl (C=O) groups is 1. The highest BCUT2D eigenvalue weighted by atomic mass is 79.9. The summed E-state index contributed by atoms with van der Waals surface area (Å²) in [7, 11) is 0. The summed E-state index contributed by atoms with van der Waals surface area (Å²) in [4.78, 5) is 30.2. The zero-order valence-electron chi connectivity index (χ0n) is 13.3. The number of aromatic nitrogens is 2. The van der Waals surface area contributed by atoms with Crippen molar-refractivity contribution in [3.05, 3.63) is 80.8 Å². The van der Waals surface area contributed by atoms with Crippen molar-refractivity contribution in [1.82, 2.24) is 15.4 Å². The quantitative estimate of drug-likeness (QED) is 0.452. The standard InChI is InChI=1S/C18H13BrN4O3/c19-13-8-11(6-7-16(13)24)10-20-23-17(25)15-9-14(21-18(26)22-15)12-4-2-1-3-5-12/h1-10,24H,(H,23,25)(H,21,22,26)/b20-10+. The average Bonchev–Trinajstić information content (AvgIpc) is 2.65. The van der Waals surface area contributed by atoms with Crippen LogP contribution in [0.3, 0.4) is 0 Å². The number of carbonyl (C=O) groups excluding carboxylic acids is 1. The summed E-state index contributed by atoms with van der Waals surface area (Å²) in [6.07, 6.45) is 1.42. The smallest absolute Gasteiger partial charge is 0.346 e. The van der Waals surface area contributed by atoms with E-state index in [1.165, 1.54) is 18.3 Å². The predicted octanol–water partition coefficient (Wildman–Crippen LogP) is 2.67. The van der Waals surface area contributed by atoms with Crippen molar-refractivity contribution in [3.63, 3.8) is 0 Å². The van der Waals surface area contributed by atoms with E-state index in [0.717, 1.165) is 5.56 Å². The fraction of sp³-hybridized carbons (Fsp3) is 0. The summed E-state index contributed by atoms with van der Waals surface area (Å²) in [5, 5.41) is 13.3. The van der Waals surface area contributed by atoms with Crippen molar-refractivity contribution >= 4 is 28.1 Å². The van der Waals surface area contributed by atoms with Crippen LogP contribution in [0.2, 0.25) is 0 Å². The lowest BCUT2D eigenvalue weighted by Crippen LogP contribution is -2.24. The Kier molecular flexibility index (Phi) is 5.23. The minimum atomic E-state index is -0.622. The monoisotopic (exact) mass is 412 g/mol. The minimum absolute atomic E-state index is 0.0490. The van der Waals surface area contributed by atoms with Crippen molar-refractivity contribution < 1.29 is 9.90 Å². The molecule has 2 aromatic carbocycles. The van der Waals surface area contributed by atoms with Gasteiger partial charge in [0.05, 0.1) is 16.4 Å². The Morgan fingerprint density at radius 2 is 1.96 bits per heavy atom. The molecule has 0 spiro atoms. The van der Waals surface area contributed by atoms with E-state index >= 15 is 0 Å². The van der Waals surface area contributed by atoms with Crippen LogP contribution < -0.4 is 11.1 Å². The normalized spacial score (nSPS) is 10.8. The number of hydrogen-bond donors (Lipinski definition) is 3. The summed E-state index contributed by atoms with van der Waals surface area (Å²) >= 11 is 3.20. The molecule has 0 unspecified atom stereocenters. The molecule has 0 atom stereocenters. The van der Waals surface area contributed by atoms with Crippen LogP contribution in [-0.2, 0) is 0 Å². The van der Waals surface area contributed by atoms with E-state index < -0.39 is 11.6 Å². The lowest BCUT2D eigenvalue weighted by Gasteiger charge is -2.03. The number of nitrogens with zero attached hydrogens (tertiary/aromatic N) is 2. The third kappa shape index (κ3) is 4.22. The van der Waals surface area contributed by atoms with E-state index in [1.807, 2.05) is 18.2 Å². The molecule has 0 fully saturated rings. The van der Waals surface area contributed by atoms with Crippen LogP contribution in [0.5, 0.6) is 5.75 Å². The van der Waals surface area contributed by atoms with Crippen LogP contribution in [-0.4, -0.2) is 27.2 Å². The lowest BCUT2D eigenvalue weighted by molar-refractivity contribution is 0.0949. The molecular weight excluding hydrogens is 400 g/mol. The van der Waals surface area contributed by atoms with Gasteiger partial charge in [-0.25, -0.2) is 10.2 Å². The van der Waals surface area contributed by atoms with Gasteiger partial charge in [0.1, 0.15) is 11.4 Å². The number of aromatic amines is 1. The second kappa shape index (κ2) is 7.75. The fourth-order valence-electron chi connectivity index (χ4n) is 2.17. The molecule has 0 aliphatic carbocycles. The van der Waals surface area contributed by atoms with Gasteiger partial charge in [-0.05, 0) is 45.8 Å². The molecule has 3 aromatic rings. The first-order valence-electron chi connectivity index (χ1n) is 7.51. The molecule has 0 saturated heterocycles. The molecule has 0 radical (unpaired) electrons. The topological polar surface area (TPSA) is 107 Å². The zero-order valence-corrected chi connectivity index (χ0v) is 14.9. The van der Waals surface area contributed by atoms with E-state index in [4.69, 9.17) is 0 Å². The van der Waals surface area contributed by atoms with E-state index in [0.29, 0.717) is 15.7 Å². The largest absolute Gasteiger partial charge is 0.507 e. The molecule has 1 amide bonds. The summed E-state index contributed by atoms with van der Waals surface area (Å²) in [5.41, 5.74) is 3.56. The van der Waals surface area contributed by atoms with Crippen molar-refractivity contribution in [2.24, 2.45) is 5.10 Å². The molecule has 7 nitrogen and oxygen atoms in total. The highest BCUT2D eigenvalue weighted by Gasteiger charge is 2.10. The number of halogens is 1. The molecular formula is C18H13BrN4O3. The Morgan fingerprint density at radius 1 is 1.19 bits per heavy atom. The summed E-state index contributed by atoms with van der Waals surface area (Å²) in [6, 6.07) is 15.3. The number of hydrogen-bond acceptors (Lipinski definition) is 5. The van der Waals surface area contributed by atoms with Gasteiger partial charge in [0.15, 0.2) is 0 Å². The fourth-order valence-corrected chi connectivity index (χ4v) is 2.56. The number of rotatable bonds is 4. The third-order valence-electron chi connectivity index (χ3n) is 3.41. The zero-order chi connectivity index (χ0) is 18.5. The number of phenols is 1. The van der Waals surface area contributed by atoms with Crippen LogP contribution in [0.15, 0.2) is 69.0 Å². The highest BCUT2D eigenvalue weighted by Crippen LogP contribution is 2.23. The van der Waals surface area contributed by atoms with Gasteiger partial charge in [-0.2, -0.15) is 10.1 Å². The van der Waals surface area contributed by atoms with Gasteiger partial charge < -0.3 is 10.1 Å². The minimum Gasteiger partial charge on any atom is -0.507 e. The van der Waals surface area contributed by atoms with Gasteiger partial charge in [-0.1, -0.05) is 30.3 Å². The lowest BCUT2D eigenvalue weighted by atomic mass is 10.1. The number of hydrazone groups is 1. The Bertz CT molecular complexity index is 1030. The Balaban J connectivity index is 1.77. The van der Waals surface area contributed by atoms with Gasteiger partial charge in [-0.3, -0.25) is 4.79 Å². The van der Waals surface area contributed by atoms with Crippen molar-refractivity contribution in [2.45, 2.75) is 0 Å².